The van der Waals surface area contributed by atoms with Crippen LogP contribution in [0.3, 0.4) is 0 Å². The Morgan fingerprint density at radius 2 is 2.04 bits per heavy atom. The molecule has 0 aromatic heterocycles. The molecule has 0 saturated carbocycles. The van der Waals surface area contributed by atoms with Gasteiger partial charge in [-0.25, -0.2) is 0 Å². The Kier molecular flexibility index (Phi) is 9.43. The van der Waals surface area contributed by atoms with Crippen molar-refractivity contribution >= 4 is 35.8 Å². The van der Waals surface area contributed by atoms with Crippen LogP contribution in [-0.4, -0.2) is 36.6 Å². The molecule has 0 spiro atoms. The fourth-order valence-corrected chi connectivity index (χ4v) is 7.93. The summed E-state index contributed by atoms with van der Waals surface area (Å²) in [4.78, 5) is 20.0. The molecule has 0 aromatic rings. The minimum absolute atomic E-state index is 0.135. The number of halogens is 1. The summed E-state index contributed by atoms with van der Waals surface area (Å²) in [6.45, 7) is 6.90. The van der Waals surface area contributed by atoms with Gasteiger partial charge in [-0.05, 0) is 0 Å². The molecule has 0 heterocycles. The zero-order chi connectivity index (χ0) is 18.3. The van der Waals surface area contributed by atoms with E-state index in [0.717, 1.165) is 49.3 Å². The second-order valence-corrected chi connectivity index (χ2v) is 23.4. The number of ether oxygens (including phenoxy) is 1. The maximum atomic E-state index is 12.7. The molecule has 0 fully saturated rings. The number of hydrogen-bond acceptors (Lipinski definition) is 2. The van der Waals surface area contributed by atoms with Crippen molar-refractivity contribution in [1.82, 2.24) is 0 Å². The number of Topliss-reactive ketones (excluding diaryl/α,β-unsaturated/α-hetero) is 1. The van der Waals surface area contributed by atoms with E-state index in [1.165, 1.54) is 0 Å². The second kappa shape index (κ2) is 10.3. The Balaban J connectivity index is 2.75. The zero-order valence-electron chi connectivity index (χ0n) is 16.4. The van der Waals surface area contributed by atoms with Crippen LogP contribution in [0.4, 0.5) is 0 Å². The first-order valence-corrected chi connectivity index (χ1v) is 19.8. The van der Waals surface area contributed by atoms with Crippen molar-refractivity contribution in [2.75, 3.05) is 12.5 Å². The number of ketones is 1. The van der Waals surface area contributed by atoms with Crippen LogP contribution in [0.2, 0.25) is 14.8 Å². The Hall–Kier alpha value is 0.0387. The summed E-state index contributed by atoms with van der Waals surface area (Å²) in [6, 6.07) is 0. The summed E-state index contributed by atoms with van der Waals surface area (Å²) in [5.41, 5.74) is 0.849. The molecule has 0 N–H and O–H groups in total. The van der Waals surface area contributed by atoms with E-state index in [2.05, 4.69) is 34.7 Å². The van der Waals surface area contributed by atoms with Crippen molar-refractivity contribution in [2.24, 2.45) is 11.8 Å². The zero-order valence-corrected chi connectivity index (χ0v) is 20.0. The molecule has 0 aromatic carbocycles. The van der Waals surface area contributed by atoms with E-state index in [1.807, 2.05) is 6.92 Å². The number of carbonyl (C=O) groups is 1. The Labute approximate surface area is 157 Å². The van der Waals surface area contributed by atoms with E-state index in [1.54, 1.807) is 3.59 Å². The summed E-state index contributed by atoms with van der Waals surface area (Å²) in [6.07, 6.45) is 7.26. The quantitative estimate of drug-likeness (QED) is 0.305. The number of rotatable bonds is 9. The summed E-state index contributed by atoms with van der Waals surface area (Å²) in [5.74, 6) is 2.56. The predicted octanol–water partition coefficient (Wildman–Crippen LogP) is 6.13. The Morgan fingerprint density at radius 3 is 2.58 bits per heavy atom. The van der Waals surface area contributed by atoms with Gasteiger partial charge in [0.2, 0.25) is 0 Å². The molecule has 0 saturated heterocycles. The minimum atomic E-state index is -2.08. The number of allylic oxidation sites excluding steroid dienone is 4. The van der Waals surface area contributed by atoms with Crippen LogP contribution in [0.25, 0.3) is 0 Å². The van der Waals surface area contributed by atoms with Crippen LogP contribution in [0.15, 0.2) is 21.0 Å². The van der Waals surface area contributed by atoms with E-state index in [0.29, 0.717) is 12.5 Å². The van der Waals surface area contributed by atoms with Gasteiger partial charge in [-0.2, -0.15) is 0 Å². The van der Waals surface area contributed by atoms with Crippen molar-refractivity contribution < 1.29 is 9.53 Å². The molecule has 0 bridgehead atoms. The fourth-order valence-electron chi connectivity index (χ4n) is 3.07. The third-order valence-corrected chi connectivity index (χ3v) is 11.7. The molecule has 1 aliphatic rings. The van der Waals surface area contributed by atoms with Gasteiger partial charge in [-0.15, -0.1) is 0 Å². The first-order chi connectivity index (χ1) is 11.2. The third kappa shape index (κ3) is 7.11. The molecule has 0 radical (unpaired) electrons. The van der Waals surface area contributed by atoms with Crippen molar-refractivity contribution in [3.63, 3.8) is 0 Å². The summed E-state index contributed by atoms with van der Waals surface area (Å²) < 4.78 is 7.47. The van der Waals surface area contributed by atoms with E-state index in [9.17, 15) is 4.79 Å². The van der Waals surface area contributed by atoms with Gasteiger partial charge in [0.1, 0.15) is 0 Å². The van der Waals surface area contributed by atoms with Crippen LogP contribution in [0.1, 0.15) is 52.9 Å². The molecule has 24 heavy (non-hydrogen) atoms. The summed E-state index contributed by atoms with van der Waals surface area (Å²) in [7, 11) is 0. The maximum absolute atomic E-state index is 12.7. The molecule has 138 valence electrons. The van der Waals surface area contributed by atoms with Gasteiger partial charge in [0.05, 0.1) is 0 Å². The van der Waals surface area contributed by atoms with Gasteiger partial charge in [0.25, 0.3) is 0 Å². The van der Waals surface area contributed by atoms with Gasteiger partial charge in [-0.1, -0.05) is 0 Å². The second-order valence-electron chi connectivity index (χ2n) is 8.36. The first-order valence-electron chi connectivity index (χ1n) is 9.29. The normalized spacial score (nSPS) is 20.1. The third-order valence-electron chi connectivity index (χ3n) is 4.66. The van der Waals surface area contributed by atoms with E-state index in [-0.39, 0.29) is 11.7 Å². The average Bonchev–Trinajstić information content (AvgIpc) is 2.48. The molecule has 1 unspecified atom stereocenters. The molecule has 1 aliphatic carbocycles. The SMILES string of the molecule is CC1=C(OCC(C)C)CCC(C/C=[C](/CCCCl)[Sn]([CH3])([CH3])[CH3])C1=O. The van der Waals surface area contributed by atoms with Gasteiger partial charge >= 0.3 is 158 Å². The fraction of sp³-hybridized carbons (Fsp3) is 0.750. The molecular weight excluding hydrogens is 426 g/mol. The molecule has 0 aliphatic heterocycles. The van der Waals surface area contributed by atoms with E-state index >= 15 is 0 Å². The standard InChI is InChI=1S/C17H26ClO2.3CH3.Sn/c1-13(2)12-20-16-10-9-15(17(19)14(16)3)8-6-4-5-7-11-18;;;;/h6,13,15H,5,7-12H2,1-3H3;3*1H3;. The molecule has 4 heteroatoms. The van der Waals surface area contributed by atoms with E-state index < -0.39 is 18.4 Å². The van der Waals surface area contributed by atoms with Crippen molar-refractivity contribution in [2.45, 2.75) is 67.7 Å². The van der Waals surface area contributed by atoms with Gasteiger partial charge < -0.3 is 0 Å². The van der Waals surface area contributed by atoms with Crippen molar-refractivity contribution in [3.05, 3.63) is 21.0 Å². The summed E-state index contributed by atoms with van der Waals surface area (Å²) >= 11 is 3.79. The van der Waals surface area contributed by atoms with Gasteiger partial charge in [0.15, 0.2) is 0 Å². The first kappa shape index (κ1) is 22.1. The van der Waals surface area contributed by atoms with E-state index in [4.69, 9.17) is 16.3 Å². The van der Waals surface area contributed by atoms with Gasteiger partial charge in [-0.3, -0.25) is 0 Å². The van der Waals surface area contributed by atoms with Crippen molar-refractivity contribution in [1.29, 1.82) is 0 Å². The number of alkyl halides is 1. The number of carbonyl (C=O) groups excluding carboxylic acids is 1. The topological polar surface area (TPSA) is 26.3 Å². The average molecular weight is 462 g/mol. The summed E-state index contributed by atoms with van der Waals surface area (Å²) in [5, 5.41) is 0. The molecular formula is C20H35ClO2Sn. The molecule has 1 atom stereocenters. The van der Waals surface area contributed by atoms with Crippen molar-refractivity contribution in [3.8, 4) is 0 Å². The Bertz CT molecular complexity index is 486. The molecule has 2 nitrogen and oxygen atoms in total. The predicted molar refractivity (Wildman–Crippen MR) is 107 cm³/mol. The number of hydrogen-bond donors (Lipinski definition) is 0. The molecule has 1 rings (SSSR count). The van der Waals surface area contributed by atoms with Crippen LogP contribution >= 0.6 is 11.6 Å². The van der Waals surface area contributed by atoms with Crippen LogP contribution in [-0.2, 0) is 9.53 Å². The molecule has 0 amide bonds. The van der Waals surface area contributed by atoms with Gasteiger partial charge in [0, 0.05) is 0 Å². The Morgan fingerprint density at radius 1 is 1.38 bits per heavy atom. The van der Waals surface area contributed by atoms with Crippen LogP contribution in [0, 0.1) is 11.8 Å². The monoisotopic (exact) mass is 462 g/mol. The van der Waals surface area contributed by atoms with Crippen LogP contribution < -0.4 is 0 Å². The van der Waals surface area contributed by atoms with Crippen LogP contribution in [0.5, 0.6) is 0 Å².